The van der Waals surface area contributed by atoms with Crippen LogP contribution in [0.2, 0.25) is 0 Å². The standard InChI is InChI=1S/C24H19BrN2O2/c1-16-7-5-9-18(13-16)23-26-21(14-17-8-3-4-12-22(17)29-2)24(28)27(23)20-11-6-10-19(25)15-20/h3-15H,1-2H3/b21-14+. The van der Waals surface area contributed by atoms with Gasteiger partial charge in [0.25, 0.3) is 5.91 Å². The van der Waals surface area contributed by atoms with Crippen molar-refractivity contribution >= 4 is 39.4 Å². The molecule has 0 saturated heterocycles. The largest absolute Gasteiger partial charge is 0.496 e. The minimum atomic E-state index is -0.175. The molecule has 1 heterocycles. The lowest BCUT2D eigenvalue weighted by Crippen LogP contribution is -2.32. The van der Waals surface area contributed by atoms with Gasteiger partial charge in [0.1, 0.15) is 17.3 Å². The summed E-state index contributed by atoms with van der Waals surface area (Å²) in [7, 11) is 1.61. The number of halogens is 1. The van der Waals surface area contributed by atoms with Crippen LogP contribution in [0.1, 0.15) is 16.7 Å². The van der Waals surface area contributed by atoms with Gasteiger partial charge in [-0.15, -0.1) is 0 Å². The van der Waals surface area contributed by atoms with Crippen molar-refractivity contribution in [3.05, 3.63) is 99.7 Å². The molecule has 0 N–H and O–H groups in total. The third-order valence-corrected chi connectivity index (χ3v) is 5.13. The van der Waals surface area contributed by atoms with Gasteiger partial charge in [0, 0.05) is 15.6 Å². The van der Waals surface area contributed by atoms with Gasteiger partial charge in [-0.05, 0) is 43.3 Å². The molecule has 0 fully saturated rings. The van der Waals surface area contributed by atoms with Crippen LogP contribution in [0.3, 0.4) is 0 Å². The van der Waals surface area contributed by atoms with Crippen LogP contribution in [-0.2, 0) is 4.79 Å². The molecule has 4 rings (SSSR count). The van der Waals surface area contributed by atoms with E-state index in [1.54, 1.807) is 18.1 Å². The van der Waals surface area contributed by atoms with E-state index in [1.165, 1.54) is 0 Å². The monoisotopic (exact) mass is 446 g/mol. The number of amides is 1. The summed E-state index contributed by atoms with van der Waals surface area (Å²) in [5, 5.41) is 0. The molecule has 1 aliphatic heterocycles. The molecule has 144 valence electrons. The molecular weight excluding hydrogens is 428 g/mol. The molecule has 0 atom stereocenters. The number of hydrogen-bond donors (Lipinski definition) is 0. The Balaban J connectivity index is 1.86. The van der Waals surface area contributed by atoms with Crippen LogP contribution < -0.4 is 9.64 Å². The highest BCUT2D eigenvalue weighted by Gasteiger charge is 2.32. The van der Waals surface area contributed by atoms with Gasteiger partial charge >= 0.3 is 0 Å². The van der Waals surface area contributed by atoms with Crippen molar-refractivity contribution in [3.63, 3.8) is 0 Å². The molecular formula is C24H19BrN2O2. The number of aryl methyl sites for hydroxylation is 1. The Kier molecular flexibility index (Phi) is 5.32. The number of hydrogen-bond acceptors (Lipinski definition) is 3. The number of rotatable bonds is 4. The smallest absolute Gasteiger partial charge is 0.282 e. The third-order valence-electron chi connectivity index (χ3n) is 4.63. The number of aliphatic imine (C=N–C) groups is 1. The van der Waals surface area contributed by atoms with E-state index in [1.807, 2.05) is 79.7 Å². The van der Waals surface area contributed by atoms with Crippen molar-refractivity contribution in [1.82, 2.24) is 0 Å². The first-order chi connectivity index (χ1) is 14.1. The van der Waals surface area contributed by atoms with E-state index in [4.69, 9.17) is 9.73 Å². The molecule has 0 saturated carbocycles. The minimum absolute atomic E-state index is 0.175. The molecule has 0 radical (unpaired) electrons. The third kappa shape index (κ3) is 3.87. The number of carbonyl (C=O) groups excluding carboxylic acids is 1. The van der Waals surface area contributed by atoms with Crippen LogP contribution in [0, 0.1) is 6.92 Å². The summed E-state index contributed by atoms with van der Waals surface area (Å²) in [6.45, 7) is 2.02. The molecule has 3 aromatic carbocycles. The fourth-order valence-corrected chi connectivity index (χ4v) is 3.67. The van der Waals surface area contributed by atoms with Crippen LogP contribution in [0.4, 0.5) is 5.69 Å². The van der Waals surface area contributed by atoms with Gasteiger partial charge in [-0.25, -0.2) is 4.99 Å². The molecule has 0 aromatic heterocycles. The van der Waals surface area contributed by atoms with Crippen molar-refractivity contribution in [2.24, 2.45) is 4.99 Å². The zero-order valence-electron chi connectivity index (χ0n) is 16.1. The normalized spacial score (nSPS) is 15.0. The van der Waals surface area contributed by atoms with E-state index >= 15 is 0 Å². The summed E-state index contributed by atoms with van der Waals surface area (Å²) in [4.78, 5) is 19.8. The Hall–Kier alpha value is -3.18. The van der Waals surface area contributed by atoms with Crippen LogP contribution >= 0.6 is 15.9 Å². The predicted molar refractivity (Wildman–Crippen MR) is 120 cm³/mol. The molecule has 1 amide bonds. The molecule has 4 nitrogen and oxygen atoms in total. The highest BCUT2D eigenvalue weighted by molar-refractivity contribution is 9.10. The Bertz CT molecular complexity index is 1150. The maximum atomic E-state index is 13.4. The summed E-state index contributed by atoms with van der Waals surface area (Å²) in [5.41, 5.74) is 3.93. The highest BCUT2D eigenvalue weighted by atomic mass is 79.9. The first-order valence-electron chi connectivity index (χ1n) is 9.17. The number of benzene rings is 3. The van der Waals surface area contributed by atoms with Crippen LogP contribution in [0.5, 0.6) is 5.75 Å². The van der Waals surface area contributed by atoms with E-state index in [9.17, 15) is 4.79 Å². The molecule has 3 aromatic rings. The summed E-state index contributed by atoms with van der Waals surface area (Å²) in [5.74, 6) is 1.13. The second-order valence-electron chi connectivity index (χ2n) is 6.70. The van der Waals surface area contributed by atoms with E-state index in [0.29, 0.717) is 17.3 Å². The first kappa shape index (κ1) is 19.2. The van der Waals surface area contributed by atoms with Crippen molar-refractivity contribution in [2.75, 3.05) is 12.0 Å². The number of para-hydroxylation sites is 1. The number of methoxy groups -OCH3 is 1. The zero-order chi connectivity index (χ0) is 20.4. The summed E-state index contributed by atoms with van der Waals surface area (Å²) in [6.07, 6.45) is 1.77. The van der Waals surface area contributed by atoms with Crippen LogP contribution in [0.15, 0.2) is 88.0 Å². The second-order valence-corrected chi connectivity index (χ2v) is 7.61. The number of anilines is 1. The summed E-state index contributed by atoms with van der Waals surface area (Å²) < 4.78 is 6.32. The van der Waals surface area contributed by atoms with E-state index < -0.39 is 0 Å². The Morgan fingerprint density at radius 3 is 2.55 bits per heavy atom. The fraction of sp³-hybridized carbons (Fsp3) is 0.0833. The molecule has 0 spiro atoms. The van der Waals surface area contributed by atoms with Gasteiger partial charge in [-0.3, -0.25) is 9.69 Å². The number of carbonyl (C=O) groups is 1. The SMILES string of the molecule is COc1ccccc1/C=C1/N=C(c2cccc(C)c2)N(c2cccc(Br)c2)C1=O. The molecule has 0 aliphatic carbocycles. The lowest BCUT2D eigenvalue weighted by molar-refractivity contribution is -0.113. The van der Waals surface area contributed by atoms with Crippen molar-refractivity contribution < 1.29 is 9.53 Å². The number of amidine groups is 1. The molecule has 0 unspecified atom stereocenters. The van der Waals surface area contributed by atoms with Crippen molar-refractivity contribution in [2.45, 2.75) is 6.92 Å². The van der Waals surface area contributed by atoms with E-state index in [-0.39, 0.29) is 5.91 Å². The summed E-state index contributed by atoms with van der Waals surface area (Å²) >= 11 is 3.50. The van der Waals surface area contributed by atoms with Crippen LogP contribution in [-0.4, -0.2) is 18.9 Å². The average Bonchev–Trinajstić information content (AvgIpc) is 3.04. The van der Waals surface area contributed by atoms with E-state index in [2.05, 4.69) is 15.9 Å². The van der Waals surface area contributed by atoms with Gasteiger partial charge < -0.3 is 4.74 Å². The topological polar surface area (TPSA) is 41.9 Å². The zero-order valence-corrected chi connectivity index (χ0v) is 17.7. The number of nitrogens with zero attached hydrogens (tertiary/aromatic N) is 2. The molecule has 5 heteroatoms. The van der Waals surface area contributed by atoms with E-state index in [0.717, 1.165) is 26.9 Å². The average molecular weight is 447 g/mol. The van der Waals surface area contributed by atoms with Gasteiger partial charge in [-0.1, -0.05) is 64.0 Å². The summed E-state index contributed by atoms with van der Waals surface area (Å²) in [6, 6.07) is 23.2. The maximum Gasteiger partial charge on any atom is 0.282 e. The highest BCUT2D eigenvalue weighted by Crippen LogP contribution is 2.31. The quantitative estimate of drug-likeness (QED) is 0.489. The van der Waals surface area contributed by atoms with Gasteiger partial charge in [0.05, 0.1) is 12.8 Å². The lowest BCUT2D eigenvalue weighted by Gasteiger charge is -2.19. The number of ether oxygens (including phenoxy) is 1. The lowest BCUT2D eigenvalue weighted by atomic mass is 10.1. The Morgan fingerprint density at radius 1 is 1.00 bits per heavy atom. The Morgan fingerprint density at radius 2 is 1.79 bits per heavy atom. The second kappa shape index (κ2) is 8.05. The van der Waals surface area contributed by atoms with Gasteiger partial charge in [-0.2, -0.15) is 0 Å². The minimum Gasteiger partial charge on any atom is -0.496 e. The maximum absolute atomic E-state index is 13.4. The van der Waals surface area contributed by atoms with Gasteiger partial charge in [0.2, 0.25) is 0 Å². The fourth-order valence-electron chi connectivity index (χ4n) is 3.28. The molecule has 1 aliphatic rings. The predicted octanol–water partition coefficient (Wildman–Crippen LogP) is 5.60. The first-order valence-corrected chi connectivity index (χ1v) is 9.96. The molecule has 29 heavy (non-hydrogen) atoms. The Labute approximate surface area is 178 Å². The van der Waals surface area contributed by atoms with Gasteiger partial charge in [0.15, 0.2) is 0 Å². The van der Waals surface area contributed by atoms with Crippen molar-refractivity contribution in [1.29, 1.82) is 0 Å². The molecule has 0 bridgehead atoms. The van der Waals surface area contributed by atoms with Crippen LogP contribution in [0.25, 0.3) is 6.08 Å². The van der Waals surface area contributed by atoms with Crippen molar-refractivity contribution in [3.8, 4) is 5.75 Å².